The number of carbonyl (C=O) groups excluding carboxylic acids is 2. The number of benzene rings is 2. The molecule has 1 atom stereocenters. The molecule has 1 N–H and O–H groups in total. The van der Waals surface area contributed by atoms with E-state index < -0.39 is 33.4 Å². The summed E-state index contributed by atoms with van der Waals surface area (Å²) in [5.41, 5.74) is 0.228. The molecule has 0 saturated heterocycles. The molecule has 12 heteroatoms. The minimum atomic E-state index is -4.01. The number of rotatable bonds is 11. The Labute approximate surface area is 210 Å². The number of nitro benzene ring substituents is 1. The molecule has 0 radical (unpaired) electrons. The highest BCUT2D eigenvalue weighted by Crippen LogP contribution is 2.25. The van der Waals surface area contributed by atoms with Crippen LogP contribution in [0.3, 0.4) is 0 Å². The summed E-state index contributed by atoms with van der Waals surface area (Å²) in [4.78, 5) is 38.3. The number of carbonyl (C=O) groups is 2. The summed E-state index contributed by atoms with van der Waals surface area (Å²) in [7, 11) is -4.01. The van der Waals surface area contributed by atoms with Gasteiger partial charge in [-0.15, -0.1) is 0 Å². The number of halogens is 1. The second-order valence-electron chi connectivity index (χ2n) is 8.25. The zero-order valence-electron chi connectivity index (χ0n) is 20.0. The number of hydrogen-bond donors (Lipinski definition) is 1. The molecule has 0 heterocycles. The van der Waals surface area contributed by atoms with Crippen molar-refractivity contribution in [1.29, 1.82) is 0 Å². The van der Waals surface area contributed by atoms with Crippen LogP contribution in [0.15, 0.2) is 48.5 Å². The number of nitrogens with zero attached hydrogens (tertiary/aromatic N) is 3. The molecule has 190 valence electrons. The number of non-ortho nitro benzene ring substituents is 1. The van der Waals surface area contributed by atoms with Crippen molar-refractivity contribution in [2.75, 3.05) is 17.1 Å². The summed E-state index contributed by atoms with van der Waals surface area (Å²) >= 11 is 6.30. The minimum absolute atomic E-state index is 0.0327. The molecule has 1 unspecified atom stereocenters. The molecule has 0 aromatic heterocycles. The van der Waals surface area contributed by atoms with Gasteiger partial charge in [0.15, 0.2) is 0 Å². The Morgan fingerprint density at radius 2 is 1.80 bits per heavy atom. The summed E-state index contributed by atoms with van der Waals surface area (Å²) in [6.45, 7) is 4.63. The molecule has 2 amide bonds. The van der Waals surface area contributed by atoms with Crippen molar-refractivity contribution in [3.05, 3.63) is 69.2 Å². The summed E-state index contributed by atoms with van der Waals surface area (Å²) < 4.78 is 26.0. The number of hydrogen-bond acceptors (Lipinski definition) is 6. The second kappa shape index (κ2) is 12.0. The van der Waals surface area contributed by atoms with Crippen molar-refractivity contribution in [3.8, 4) is 0 Å². The van der Waals surface area contributed by atoms with E-state index in [-0.39, 0.29) is 36.3 Å². The van der Waals surface area contributed by atoms with Gasteiger partial charge in [-0.1, -0.05) is 42.8 Å². The van der Waals surface area contributed by atoms with E-state index in [1.165, 1.54) is 23.1 Å². The third-order valence-electron chi connectivity index (χ3n) is 5.12. The Kier molecular flexibility index (Phi) is 9.61. The molecule has 0 bridgehead atoms. The van der Waals surface area contributed by atoms with E-state index in [0.717, 1.165) is 16.6 Å². The topological polar surface area (TPSA) is 130 Å². The van der Waals surface area contributed by atoms with E-state index in [4.69, 9.17) is 11.6 Å². The summed E-state index contributed by atoms with van der Waals surface area (Å²) in [5.74, 6) is -1.04. The van der Waals surface area contributed by atoms with Crippen molar-refractivity contribution < 1.29 is 22.9 Å². The van der Waals surface area contributed by atoms with Crippen molar-refractivity contribution >= 4 is 44.8 Å². The van der Waals surface area contributed by atoms with Gasteiger partial charge in [0.1, 0.15) is 12.6 Å². The van der Waals surface area contributed by atoms with Crippen LogP contribution in [0.2, 0.25) is 5.02 Å². The zero-order valence-corrected chi connectivity index (χ0v) is 21.5. The molecule has 10 nitrogen and oxygen atoms in total. The highest BCUT2D eigenvalue weighted by molar-refractivity contribution is 7.92. The molecule has 0 fully saturated rings. The Morgan fingerprint density at radius 1 is 1.14 bits per heavy atom. The van der Waals surface area contributed by atoms with Gasteiger partial charge in [-0.2, -0.15) is 0 Å². The lowest BCUT2D eigenvalue weighted by molar-refractivity contribution is -0.384. The molecule has 2 rings (SSSR count). The first-order chi connectivity index (χ1) is 16.3. The monoisotopic (exact) mass is 524 g/mol. The van der Waals surface area contributed by atoms with Gasteiger partial charge in [0.05, 0.1) is 16.9 Å². The lowest BCUT2D eigenvalue weighted by atomic mass is 10.1. The maximum Gasteiger partial charge on any atom is 0.271 e. The van der Waals surface area contributed by atoms with Crippen LogP contribution in [0.5, 0.6) is 0 Å². The molecule has 0 aliphatic rings. The van der Waals surface area contributed by atoms with Crippen LogP contribution in [-0.4, -0.2) is 54.9 Å². The SMILES string of the molecule is CCC(C(=O)NC(C)C)N(Cc1ccccc1Cl)C(=O)CN(c1cccc([N+](=O)[O-])c1)S(C)(=O)=O. The normalized spacial score (nSPS) is 12.2. The van der Waals surface area contributed by atoms with Crippen LogP contribution in [0.1, 0.15) is 32.8 Å². The maximum atomic E-state index is 13.6. The number of amides is 2. The summed E-state index contributed by atoms with van der Waals surface area (Å²) in [6, 6.07) is 10.8. The first-order valence-corrected chi connectivity index (χ1v) is 13.1. The molecule has 0 aliphatic carbocycles. The third-order valence-corrected chi connectivity index (χ3v) is 6.63. The van der Waals surface area contributed by atoms with Gasteiger partial charge in [0, 0.05) is 29.7 Å². The van der Waals surface area contributed by atoms with E-state index >= 15 is 0 Å². The minimum Gasteiger partial charge on any atom is -0.352 e. The third kappa shape index (κ3) is 7.66. The Bertz CT molecular complexity index is 1190. The van der Waals surface area contributed by atoms with Crippen LogP contribution in [0.4, 0.5) is 11.4 Å². The number of anilines is 1. The molecule has 0 aliphatic heterocycles. The highest BCUT2D eigenvalue weighted by atomic mass is 35.5. The number of nitro groups is 1. The molecular weight excluding hydrogens is 496 g/mol. The first-order valence-electron chi connectivity index (χ1n) is 10.9. The number of sulfonamides is 1. The van der Waals surface area contributed by atoms with Crippen LogP contribution in [-0.2, 0) is 26.2 Å². The van der Waals surface area contributed by atoms with Gasteiger partial charge in [-0.3, -0.25) is 24.0 Å². The summed E-state index contributed by atoms with van der Waals surface area (Å²) in [6.07, 6.45) is 1.17. The maximum absolute atomic E-state index is 13.6. The van der Waals surface area contributed by atoms with Crippen LogP contribution in [0, 0.1) is 10.1 Å². The van der Waals surface area contributed by atoms with Gasteiger partial charge in [0.2, 0.25) is 21.8 Å². The lowest BCUT2D eigenvalue weighted by Gasteiger charge is -2.33. The van der Waals surface area contributed by atoms with Crippen molar-refractivity contribution in [1.82, 2.24) is 10.2 Å². The van der Waals surface area contributed by atoms with E-state index in [0.29, 0.717) is 10.6 Å². The Balaban J connectivity index is 2.49. The van der Waals surface area contributed by atoms with E-state index in [9.17, 15) is 28.1 Å². The fourth-order valence-electron chi connectivity index (χ4n) is 3.49. The van der Waals surface area contributed by atoms with Gasteiger partial charge in [-0.05, 0) is 38.0 Å². The first kappa shape index (κ1) is 28.1. The van der Waals surface area contributed by atoms with Gasteiger partial charge in [0.25, 0.3) is 5.69 Å². The largest absolute Gasteiger partial charge is 0.352 e. The van der Waals surface area contributed by atoms with Crippen molar-refractivity contribution in [3.63, 3.8) is 0 Å². The fourth-order valence-corrected chi connectivity index (χ4v) is 4.52. The predicted octanol–water partition coefficient (Wildman–Crippen LogP) is 3.35. The molecule has 0 spiro atoms. The van der Waals surface area contributed by atoms with Crippen molar-refractivity contribution in [2.45, 2.75) is 45.8 Å². The van der Waals surface area contributed by atoms with Gasteiger partial charge >= 0.3 is 0 Å². The molecule has 0 saturated carbocycles. The zero-order chi connectivity index (χ0) is 26.3. The molecule has 2 aromatic carbocycles. The number of nitrogens with one attached hydrogen (secondary N) is 1. The van der Waals surface area contributed by atoms with Crippen LogP contribution >= 0.6 is 11.6 Å². The van der Waals surface area contributed by atoms with Crippen LogP contribution < -0.4 is 9.62 Å². The lowest BCUT2D eigenvalue weighted by Crippen LogP contribution is -2.53. The van der Waals surface area contributed by atoms with Crippen LogP contribution in [0.25, 0.3) is 0 Å². The average Bonchev–Trinajstić information content (AvgIpc) is 2.77. The fraction of sp³-hybridized carbons (Fsp3) is 0.391. The summed E-state index contributed by atoms with van der Waals surface area (Å²) in [5, 5.41) is 14.4. The highest BCUT2D eigenvalue weighted by Gasteiger charge is 2.32. The van der Waals surface area contributed by atoms with E-state index in [2.05, 4.69) is 5.32 Å². The second-order valence-corrected chi connectivity index (χ2v) is 10.6. The Hall–Kier alpha value is -3.18. The molecule has 35 heavy (non-hydrogen) atoms. The van der Waals surface area contributed by atoms with Gasteiger partial charge < -0.3 is 10.2 Å². The quantitative estimate of drug-likeness (QED) is 0.354. The average molecular weight is 525 g/mol. The van der Waals surface area contributed by atoms with E-state index in [1.807, 2.05) is 0 Å². The molecular formula is C23H29ClN4O6S. The smallest absolute Gasteiger partial charge is 0.271 e. The van der Waals surface area contributed by atoms with Gasteiger partial charge in [-0.25, -0.2) is 8.42 Å². The molecule has 2 aromatic rings. The Morgan fingerprint density at radius 3 is 2.34 bits per heavy atom. The standard InChI is InChI=1S/C23H29ClN4O6S/c1-5-21(23(30)25-16(2)3)26(14-17-9-6-7-12-20(17)24)22(29)15-27(35(4,33)34)18-10-8-11-19(13-18)28(31)32/h6-13,16,21H,5,14-15H2,1-4H3,(H,25,30). The van der Waals surface area contributed by atoms with E-state index in [1.54, 1.807) is 45.0 Å². The van der Waals surface area contributed by atoms with Crippen molar-refractivity contribution in [2.24, 2.45) is 0 Å². The predicted molar refractivity (Wildman–Crippen MR) is 135 cm³/mol.